The largest absolute Gasteiger partial charge is 0.454 e. The Morgan fingerprint density at radius 3 is 2.55 bits per heavy atom. The van der Waals surface area contributed by atoms with Gasteiger partial charge in [0.2, 0.25) is 0 Å². The van der Waals surface area contributed by atoms with Gasteiger partial charge < -0.3 is 8.98 Å². The summed E-state index contributed by atoms with van der Waals surface area (Å²) in [5.74, 6) is 0. The molecule has 0 spiro atoms. The van der Waals surface area contributed by atoms with Crippen molar-refractivity contribution in [2.24, 2.45) is 0 Å². The van der Waals surface area contributed by atoms with Gasteiger partial charge in [0.15, 0.2) is 5.58 Å². The van der Waals surface area contributed by atoms with Crippen LogP contribution in [0, 0.1) is 0 Å². The summed E-state index contributed by atoms with van der Waals surface area (Å²) in [5, 5.41) is 4.74. The van der Waals surface area contributed by atoms with Crippen LogP contribution < -0.4 is 0 Å². The molecule has 0 saturated heterocycles. The van der Waals surface area contributed by atoms with E-state index < -0.39 is 0 Å². The highest BCUT2D eigenvalue weighted by atomic mass is 32.1. The molecule has 3 heterocycles. The van der Waals surface area contributed by atoms with E-state index in [4.69, 9.17) is 4.42 Å². The molecule has 0 N–H and O–H groups in total. The number of furan rings is 1. The molecule has 3 nitrogen and oxygen atoms in total. The van der Waals surface area contributed by atoms with E-state index in [-0.39, 0.29) is 0 Å². The number of aromatic nitrogens is 2. The van der Waals surface area contributed by atoms with Crippen molar-refractivity contribution in [2.45, 2.75) is 0 Å². The molecule has 0 unspecified atom stereocenters. The van der Waals surface area contributed by atoms with Crippen LogP contribution >= 0.6 is 11.3 Å². The highest BCUT2D eigenvalue weighted by Crippen LogP contribution is 2.40. The first kappa shape index (κ1) is 15.3. The fourth-order valence-electron chi connectivity index (χ4n) is 4.48. The number of hydrogen-bond donors (Lipinski definition) is 0. The Bertz CT molecular complexity index is 1720. The lowest BCUT2D eigenvalue weighted by Crippen LogP contribution is -1.93. The predicted octanol–water partition coefficient (Wildman–Crippen LogP) is 7.29. The smallest absolute Gasteiger partial charge is 0.160 e. The maximum absolute atomic E-state index is 6.40. The Hall–Kier alpha value is -3.63. The molecular formula is C25H14N2OS. The van der Waals surface area contributed by atoms with Gasteiger partial charge in [0.1, 0.15) is 5.58 Å². The SMILES string of the molecule is c1ccc2c(c1)oc1c2ccc2c3ccccc3n(-c3ccc4ncsc4c3)c21. The van der Waals surface area contributed by atoms with E-state index >= 15 is 0 Å². The molecule has 0 aliphatic heterocycles. The summed E-state index contributed by atoms with van der Waals surface area (Å²) < 4.78 is 9.91. The van der Waals surface area contributed by atoms with E-state index in [1.54, 1.807) is 11.3 Å². The molecule has 0 aliphatic rings. The van der Waals surface area contributed by atoms with Gasteiger partial charge in [0.05, 0.1) is 26.8 Å². The molecule has 29 heavy (non-hydrogen) atoms. The Labute approximate surface area is 169 Å². The van der Waals surface area contributed by atoms with Crippen LogP contribution in [0.25, 0.3) is 59.6 Å². The van der Waals surface area contributed by atoms with E-state index in [1.165, 1.54) is 21.0 Å². The molecule has 136 valence electrons. The Morgan fingerprint density at radius 1 is 0.759 bits per heavy atom. The maximum atomic E-state index is 6.40. The van der Waals surface area contributed by atoms with Crippen LogP contribution in [0.2, 0.25) is 0 Å². The van der Waals surface area contributed by atoms with Gasteiger partial charge in [-0.15, -0.1) is 11.3 Å². The van der Waals surface area contributed by atoms with Gasteiger partial charge in [-0.3, -0.25) is 0 Å². The van der Waals surface area contributed by atoms with Crippen molar-refractivity contribution in [3.63, 3.8) is 0 Å². The highest BCUT2D eigenvalue weighted by molar-refractivity contribution is 7.16. The minimum absolute atomic E-state index is 0.921. The summed E-state index contributed by atoms with van der Waals surface area (Å²) in [6, 6.07) is 27.7. The molecule has 0 saturated carbocycles. The molecule has 4 aromatic carbocycles. The fourth-order valence-corrected chi connectivity index (χ4v) is 5.19. The molecule has 0 radical (unpaired) electrons. The van der Waals surface area contributed by atoms with Gasteiger partial charge in [0.25, 0.3) is 0 Å². The minimum atomic E-state index is 0.921. The van der Waals surface area contributed by atoms with Crippen molar-refractivity contribution in [2.75, 3.05) is 0 Å². The zero-order valence-corrected chi connectivity index (χ0v) is 16.1. The first-order valence-corrected chi connectivity index (χ1v) is 10.4. The number of rotatable bonds is 1. The van der Waals surface area contributed by atoms with Crippen LogP contribution in [0.5, 0.6) is 0 Å². The molecule has 0 bridgehead atoms. The topological polar surface area (TPSA) is 31.0 Å². The molecule has 0 fully saturated rings. The van der Waals surface area contributed by atoms with Crippen LogP contribution in [0.1, 0.15) is 0 Å². The monoisotopic (exact) mass is 390 g/mol. The zero-order valence-electron chi connectivity index (χ0n) is 15.3. The summed E-state index contributed by atoms with van der Waals surface area (Å²) in [5.41, 5.74) is 8.21. The van der Waals surface area contributed by atoms with E-state index in [1.807, 2.05) is 17.6 Å². The Balaban J connectivity index is 1.73. The highest BCUT2D eigenvalue weighted by Gasteiger charge is 2.18. The number of nitrogens with zero attached hydrogens (tertiary/aromatic N) is 2. The lowest BCUT2D eigenvalue weighted by molar-refractivity contribution is 0.671. The standard InChI is InChI=1S/C25H14N2OS/c1-3-7-21-16(5-1)18-10-11-19-17-6-2-4-8-22(17)28-25(19)24(18)27(21)15-9-12-20-23(13-15)29-14-26-20/h1-14H. The molecule has 4 heteroatoms. The normalized spacial score (nSPS) is 12.1. The summed E-state index contributed by atoms with van der Waals surface area (Å²) in [7, 11) is 0. The molecule has 3 aromatic heterocycles. The molecule has 7 rings (SSSR count). The summed E-state index contributed by atoms with van der Waals surface area (Å²) in [4.78, 5) is 4.44. The van der Waals surface area contributed by atoms with E-state index in [2.05, 4.69) is 76.3 Å². The second-order valence-corrected chi connectivity index (χ2v) is 8.18. The lowest BCUT2D eigenvalue weighted by atomic mass is 10.1. The predicted molar refractivity (Wildman–Crippen MR) is 121 cm³/mol. The van der Waals surface area contributed by atoms with Crippen LogP contribution in [0.3, 0.4) is 0 Å². The number of hydrogen-bond acceptors (Lipinski definition) is 3. The van der Waals surface area contributed by atoms with Crippen LogP contribution in [-0.4, -0.2) is 9.55 Å². The number of thiazole rings is 1. The quantitative estimate of drug-likeness (QED) is 0.295. The van der Waals surface area contributed by atoms with Gasteiger partial charge in [-0.2, -0.15) is 0 Å². The first-order valence-electron chi connectivity index (χ1n) is 9.55. The van der Waals surface area contributed by atoms with Gasteiger partial charge in [-0.25, -0.2) is 4.98 Å². The summed E-state index contributed by atoms with van der Waals surface area (Å²) >= 11 is 1.67. The number of para-hydroxylation sites is 2. The second-order valence-electron chi connectivity index (χ2n) is 7.29. The number of fused-ring (bicyclic) bond motifs is 8. The summed E-state index contributed by atoms with van der Waals surface area (Å²) in [6.45, 7) is 0. The second kappa shape index (κ2) is 5.46. The fraction of sp³-hybridized carbons (Fsp3) is 0. The van der Waals surface area contributed by atoms with Crippen molar-refractivity contribution in [1.82, 2.24) is 9.55 Å². The summed E-state index contributed by atoms with van der Waals surface area (Å²) in [6.07, 6.45) is 0. The average molecular weight is 390 g/mol. The third-order valence-corrected chi connectivity index (χ3v) is 6.54. The minimum Gasteiger partial charge on any atom is -0.454 e. The molecule has 7 aromatic rings. The van der Waals surface area contributed by atoms with Gasteiger partial charge in [0, 0.05) is 27.2 Å². The molecule has 0 aliphatic carbocycles. The van der Waals surface area contributed by atoms with Crippen LogP contribution in [-0.2, 0) is 0 Å². The van der Waals surface area contributed by atoms with E-state index in [0.717, 1.165) is 38.7 Å². The van der Waals surface area contributed by atoms with Gasteiger partial charge >= 0.3 is 0 Å². The third kappa shape index (κ3) is 1.99. The van der Waals surface area contributed by atoms with Gasteiger partial charge in [-0.1, -0.05) is 42.5 Å². The lowest BCUT2D eigenvalue weighted by Gasteiger charge is -2.08. The van der Waals surface area contributed by atoms with Crippen LogP contribution in [0.15, 0.2) is 88.8 Å². The zero-order chi connectivity index (χ0) is 18.9. The molecule has 0 atom stereocenters. The van der Waals surface area contributed by atoms with Crippen molar-refractivity contribution < 1.29 is 4.42 Å². The Morgan fingerprint density at radius 2 is 1.59 bits per heavy atom. The van der Waals surface area contributed by atoms with Gasteiger partial charge in [-0.05, 0) is 36.4 Å². The van der Waals surface area contributed by atoms with Crippen LogP contribution in [0.4, 0.5) is 0 Å². The average Bonchev–Trinajstić information content (AvgIpc) is 3.46. The van der Waals surface area contributed by atoms with Crippen molar-refractivity contribution in [1.29, 1.82) is 0 Å². The third-order valence-electron chi connectivity index (χ3n) is 5.75. The van der Waals surface area contributed by atoms with Crippen molar-refractivity contribution >= 4 is 65.3 Å². The van der Waals surface area contributed by atoms with Crippen molar-refractivity contribution in [3.8, 4) is 5.69 Å². The maximum Gasteiger partial charge on any atom is 0.160 e. The molecular weight excluding hydrogens is 376 g/mol. The van der Waals surface area contributed by atoms with Crippen molar-refractivity contribution in [3.05, 3.63) is 84.4 Å². The first-order chi connectivity index (χ1) is 14.4. The number of benzene rings is 4. The van der Waals surface area contributed by atoms with E-state index in [0.29, 0.717) is 0 Å². The Kier molecular flexibility index (Phi) is 2.88. The molecule has 0 amide bonds. The van der Waals surface area contributed by atoms with E-state index in [9.17, 15) is 0 Å².